The van der Waals surface area contributed by atoms with E-state index in [2.05, 4.69) is 58.3 Å². The average Bonchev–Trinajstić information content (AvgIpc) is 1.66. The van der Waals surface area contributed by atoms with Crippen molar-refractivity contribution >= 4 is 50.5 Å². The molecule has 0 radical (unpaired) electrons. The lowest BCUT2D eigenvalue weighted by molar-refractivity contribution is 0.350. The Morgan fingerprint density at radius 2 is 1.78 bits per heavy atom. The Kier molecular flexibility index (Phi) is 17.5. The van der Waals surface area contributed by atoms with E-state index in [9.17, 15) is 0 Å². The van der Waals surface area contributed by atoms with Crippen molar-refractivity contribution in [3.05, 3.63) is 0 Å². The Morgan fingerprint density at radius 1 is 1.44 bits per heavy atom. The maximum atomic E-state index is 7.89. The van der Waals surface area contributed by atoms with Gasteiger partial charge in [-0.3, -0.25) is 0 Å². The summed E-state index contributed by atoms with van der Waals surface area (Å²) in [5.41, 5.74) is 0. The summed E-state index contributed by atoms with van der Waals surface area (Å²) in [6.45, 7) is 1.67. The molecule has 0 aliphatic heterocycles. The highest BCUT2D eigenvalue weighted by Gasteiger charge is 1.77. The van der Waals surface area contributed by atoms with Gasteiger partial charge in [0.2, 0.25) is 0 Å². The lowest BCUT2D eigenvalue weighted by Gasteiger charge is -1.70. The molecule has 0 amide bonds. The first-order chi connectivity index (χ1) is 4.15. The zero-order chi connectivity index (χ0) is 7.70. The highest BCUT2D eigenvalue weighted by molar-refractivity contribution is 9.93. The number of aliphatic hydroxyl groups excluding tert-OH is 1. The zero-order valence-electron chi connectivity index (χ0n) is 4.74. The fourth-order valence-electron chi connectivity index (χ4n) is 0.0791. The van der Waals surface area contributed by atoms with Gasteiger partial charge in [-0.2, -0.15) is 0 Å². The van der Waals surface area contributed by atoms with Crippen molar-refractivity contribution in [2.75, 3.05) is 6.61 Å². The molecular weight excluding hydrogens is 335 g/mol. The van der Waals surface area contributed by atoms with Gasteiger partial charge in [0.1, 0.15) is 10.6 Å². The summed E-state index contributed by atoms with van der Waals surface area (Å²) in [5, 5.41) is 7.89. The lowest BCUT2D eigenvalue weighted by atomic mass is 10.6. The van der Waals surface area contributed by atoms with E-state index in [0.29, 0.717) is 0 Å². The van der Waals surface area contributed by atoms with Crippen LogP contribution in [-0.2, 0) is 0 Å². The third-order valence-electron chi connectivity index (χ3n) is 0.256. The van der Waals surface area contributed by atoms with Crippen molar-refractivity contribution in [1.29, 1.82) is 0 Å². The van der Waals surface area contributed by atoms with E-state index in [1.165, 1.54) is 0 Å². The number of halogens is 3. The standard InChI is InChI=1S/C4H6O.Br3P/c1-2-3-4-5;1-4(2)3/h5H,4H2,1H3;. The van der Waals surface area contributed by atoms with E-state index >= 15 is 0 Å². The molecule has 0 bridgehead atoms. The summed E-state index contributed by atoms with van der Waals surface area (Å²) < 4.78 is -0.183. The Bertz CT molecular complexity index is 93.0. The highest BCUT2D eigenvalue weighted by atomic mass is 80.0. The van der Waals surface area contributed by atoms with Gasteiger partial charge in [0.05, 0.1) is 0 Å². The predicted molar refractivity (Wildman–Crippen MR) is 54.2 cm³/mol. The number of aliphatic hydroxyl groups is 1. The fraction of sp³-hybridized carbons (Fsp3) is 0.500. The van der Waals surface area contributed by atoms with Crippen LogP contribution in [0.5, 0.6) is 0 Å². The van der Waals surface area contributed by atoms with Gasteiger partial charge in [-0.25, -0.2) is 0 Å². The summed E-state index contributed by atoms with van der Waals surface area (Å²) in [6.07, 6.45) is 0. The van der Waals surface area contributed by atoms with Crippen LogP contribution in [0.2, 0.25) is 0 Å². The van der Waals surface area contributed by atoms with E-state index < -0.39 is 0 Å². The molecule has 0 unspecified atom stereocenters. The molecule has 9 heavy (non-hydrogen) atoms. The maximum Gasteiger partial charge on any atom is 0.104 e. The van der Waals surface area contributed by atoms with E-state index in [-0.39, 0.29) is 10.6 Å². The average molecular weight is 341 g/mol. The molecule has 0 aliphatic carbocycles. The molecule has 0 spiro atoms. The van der Waals surface area contributed by atoms with Crippen LogP contribution in [0.1, 0.15) is 6.92 Å². The number of hydrogen-bond acceptors (Lipinski definition) is 1. The molecule has 0 aliphatic rings. The van der Waals surface area contributed by atoms with Crippen LogP contribution in [0, 0.1) is 11.8 Å². The van der Waals surface area contributed by atoms with Crippen LogP contribution in [0.3, 0.4) is 0 Å². The van der Waals surface area contributed by atoms with Crippen molar-refractivity contribution in [2.24, 2.45) is 0 Å². The lowest BCUT2D eigenvalue weighted by Crippen LogP contribution is -1.66. The molecule has 54 valence electrons. The summed E-state index contributed by atoms with van der Waals surface area (Å²) in [7, 11) is 0. The van der Waals surface area contributed by atoms with Gasteiger partial charge in [-0.1, -0.05) is 5.92 Å². The van der Waals surface area contributed by atoms with Crippen LogP contribution in [0.25, 0.3) is 0 Å². The van der Waals surface area contributed by atoms with Gasteiger partial charge in [-0.15, -0.1) is 5.92 Å². The summed E-state index contributed by atoms with van der Waals surface area (Å²) in [5.74, 6) is 4.93. The highest BCUT2D eigenvalue weighted by Crippen LogP contribution is 2.59. The van der Waals surface area contributed by atoms with Crippen molar-refractivity contribution in [1.82, 2.24) is 0 Å². The molecule has 0 aromatic heterocycles. The molecule has 0 aromatic carbocycles. The quantitative estimate of drug-likeness (QED) is 0.529. The normalized spacial score (nSPS) is 6.89. The third-order valence-corrected chi connectivity index (χ3v) is 0.256. The van der Waals surface area contributed by atoms with E-state index in [4.69, 9.17) is 5.11 Å². The molecule has 1 N–H and O–H groups in total. The Morgan fingerprint density at radius 3 is 1.78 bits per heavy atom. The van der Waals surface area contributed by atoms with Crippen LogP contribution >= 0.6 is 50.5 Å². The Hall–Kier alpha value is 1.39. The molecule has 0 heterocycles. The molecule has 0 saturated carbocycles. The summed E-state index contributed by atoms with van der Waals surface area (Å²) in [6, 6.07) is 0. The van der Waals surface area contributed by atoms with Gasteiger partial charge >= 0.3 is 0 Å². The molecule has 0 saturated heterocycles. The largest absolute Gasteiger partial charge is 0.384 e. The van der Waals surface area contributed by atoms with Gasteiger partial charge < -0.3 is 5.11 Å². The van der Waals surface area contributed by atoms with E-state index in [1.807, 2.05) is 0 Å². The van der Waals surface area contributed by atoms with Gasteiger partial charge in [0.25, 0.3) is 0 Å². The zero-order valence-corrected chi connectivity index (χ0v) is 10.4. The molecule has 0 atom stereocenters. The van der Waals surface area contributed by atoms with Crippen LogP contribution in [0.15, 0.2) is 0 Å². The minimum absolute atomic E-state index is 0.0174. The van der Waals surface area contributed by atoms with Crippen molar-refractivity contribution in [2.45, 2.75) is 6.92 Å². The second kappa shape index (κ2) is 12.1. The van der Waals surface area contributed by atoms with Gasteiger partial charge in [0, 0.05) is 0 Å². The number of rotatable bonds is 0. The first kappa shape index (κ1) is 13.0. The smallest absolute Gasteiger partial charge is 0.104 e. The second-order valence-corrected chi connectivity index (χ2v) is 16.1. The monoisotopic (exact) mass is 338 g/mol. The van der Waals surface area contributed by atoms with Gasteiger partial charge in [0.15, 0.2) is 0 Å². The van der Waals surface area contributed by atoms with Crippen LogP contribution in [-0.4, -0.2) is 11.7 Å². The summed E-state index contributed by atoms with van der Waals surface area (Å²) in [4.78, 5) is 0. The minimum Gasteiger partial charge on any atom is -0.384 e. The maximum absolute atomic E-state index is 7.89. The summed E-state index contributed by atoms with van der Waals surface area (Å²) >= 11 is 9.51. The topological polar surface area (TPSA) is 20.2 Å². The molecule has 0 fully saturated rings. The Labute approximate surface area is 80.6 Å². The van der Waals surface area contributed by atoms with Crippen molar-refractivity contribution < 1.29 is 5.11 Å². The third kappa shape index (κ3) is 44.6. The first-order valence-corrected chi connectivity index (χ1v) is 9.32. The van der Waals surface area contributed by atoms with Crippen molar-refractivity contribution in [3.8, 4) is 11.8 Å². The van der Waals surface area contributed by atoms with E-state index in [0.717, 1.165) is 0 Å². The minimum atomic E-state index is -0.183. The van der Waals surface area contributed by atoms with Crippen LogP contribution in [0.4, 0.5) is 0 Å². The Balaban J connectivity index is 0. The van der Waals surface area contributed by atoms with Crippen molar-refractivity contribution in [3.63, 3.8) is 0 Å². The SMILES string of the molecule is BrP(Br)Br.CC#CCO. The molecule has 5 heteroatoms. The number of hydrogen-bond donors (Lipinski definition) is 1. The second-order valence-electron chi connectivity index (χ2n) is 0.777. The van der Waals surface area contributed by atoms with Crippen LogP contribution < -0.4 is 0 Å². The molecule has 0 rings (SSSR count). The fourth-order valence-corrected chi connectivity index (χ4v) is 0.0791. The molecular formula is C4H6Br3OP. The first-order valence-electron chi connectivity index (χ1n) is 1.93. The predicted octanol–water partition coefficient (Wildman–Crippen LogP) is 3.40. The van der Waals surface area contributed by atoms with Gasteiger partial charge in [-0.05, 0) is 53.4 Å². The molecule has 1 nitrogen and oxygen atoms in total. The van der Waals surface area contributed by atoms with E-state index in [1.54, 1.807) is 6.92 Å². The molecule has 0 aromatic rings.